The number of hydrogen-bond acceptors (Lipinski definition) is 6. The lowest BCUT2D eigenvalue weighted by Crippen LogP contribution is -2.56. The van der Waals surface area contributed by atoms with E-state index in [9.17, 15) is 13.2 Å². The van der Waals surface area contributed by atoms with E-state index in [1.54, 1.807) is 17.7 Å². The Morgan fingerprint density at radius 3 is 2.67 bits per heavy atom. The molecule has 1 saturated heterocycles. The lowest BCUT2D eigenvalue weighted by Gasteiger charge is -2.39. The fraction of sp³-hybridized carbons (Fsp3) is 0.333. The van der Waals surface area contributed by atoms with Gasteiger partial charge in [-0.2, -0.15) is 13.2 Å². The Labute approximate surface area is 160 Å². The molecule has 1 atom stereocenters. The van der Waals surface area contributed by atoms with Gasteiger partial charge in [0, 0.05) is 38.6 Å². The van der Waals surface area contributed by atoms with Crippen molar-refractivity contribution in [2.24, 2.45) is 5.73 Å². The average Bonchev–Trinajstić information content (AvgIpc) is 3.16. The molecule has 2 heterocycles. The van der Waals surface area contributed by atoms with Crippen molar-refractivity contribution in [3.8, 4) is 0 Å². The Morgan fingerprint density at radius 1 is 1.26 bits per heavy atom. The Balaban J connectivity index is 1.55. The van der Waals surface area contributed by atoms with E-state index in [2.05, 4.69) is 27.0 Å². The molecule has 2 aliphatic rings. The molecule has 0 spiro atoms. The third-order valence-corrected chi connectivity index (χ3v) is 5.32. The third kappa shape index (κ3) is 4.72. The van der Waals surface area contributed by atoms with Crippen LogP contribution in [0.15, 0.2) is 53.7 Å². The molecule has 3 rings (SSSR count). The predicted octanol–water partition coefficient (Wildman–Crippen LogP) is 2.73. The number of thioether (sulfide) groups is 1. The predicted molar refractivity (Wildman–Crippen MR) is 103 cm³/mol. The topological polar surface area (TPSA) is 56.6 Å². The van der Waals surface area contributed by atoms with Gasteiger partial charge in [0.15, 0.2) is 6.29 Å². The minimum absolute atomic E-state index is 0.137. The maximum atomic E-state index is 12.9. The van der Waals surface area contributed by atoms with Gasteiger partial charge in [0.05, 0.1) is 16.3 Å². The van der Waals surface area contributed by atoms with E-state index in [1.807, 2.05) is 0 Å². The van der Waals surface area contributed by atoms with Crippen LogP contribution in [0, 0.1) is 0 Å². The highest BCUT2D eigenvalue weighted by atomic mass is 32.2. The molecule has 0 saturated carbocycles. The van der Waals surface area contributed by atoms with Gasteiger partial charge in [-0.25, -0.2) is 0 Å². The van der Waals surface area contributed by atoms with Crippen molar-refractivity contribution >= 4 is 17.5 Å². The minimum atomic E-state index is -4.35. The highest BCUT2D eigenvalue weighted by Crippen LogP contribution is 2.31. The van der Waals surface area contributed by atoms with Gasteiger partial charge in [-0.3, -0.25) is 4.90 Å². The zero-order chi connectivity index (χ0) is 19.4. The summed E-state index contributed by atoms with van der Waals surface area (Å²) in [5.41, 5.74) is 5.87. The Morgan fingerprint density at radius 2 is 2.00 bits per heavy atom. The number of nitrogens with two attached hydrogens (primary N) is 1. The van der Waals surface area contributed by atoms with Gasteiger partial charge >= 0.3 is 6.18 Å². The molecule has 4 N–H and O–H groups in total. The van der Waals surface area contributed by atoms with E-state index in [1.165, 1.54) is 24.0 Å². The van der Waals surface area contributed by atoms with Crippen LogP contribution < -0.4 is 16.4 Å². The molecule has 2 aliphatic heterocycles. The van der Waals surface area contributed by atoms with Crippen molar-refractivity contribution < 1.29 is 13.2 Å². The number of hydrogen-bond donors (Lipinski definition) is 3. The molecule has 0 amide bonds. The van der Waals surface area contributed by atoms with Crippen LogP contribution in [0.1, 0.15) is 11.1 Å². The molecule has 0 bridgehead atoms. The summed E-state index contributed by atoms with van der Waals surface area (Å²) in [4.78, 5) is 4.40. The van der Waals surface area contributed by atoms with E-state index in [4.69, 9.17) is 5.73 Å². The van der Waals surface area contributed by atoms with Crippen LogP contribution in [0.2, 0.25) is 0 Å². The second-order valence-electron chi connectivity index (χ2n) is 6.21. The van der Waals surface area contributed by atoms with Gasteiger partial charge < -0.3 is 21.3 Å². The number of benzene rings is 1. The van der Waals surface area contributed by atoms with Crippen molar-refractivity contribution in [3.63, 3.8) is 0 Å². The molecule has 5 nitrogen and oxygen atoms in total. The van der Waals surface area contributed by atoms with Crippen molar-refractivity contribution in [1.29, 1.82) is 0 Å². The van der Waals surface area contributed by atoms with Gasteiger partial charge in [-0.1, -0.05) is 30.5 Å². The second kappa shape index (κ2) is 8.18. The number of nitrogens with zero attached hydrogens (tertiary/aromatic N) is 2. The molecular formula is C18H22F3N5S. The van der Waals surface area contributed by atoms with Gasteiger partial charge in [0.2, 0.25) is 0 Å². The highest BCUT2D eigenvalue weighted by Gasteiger charge is 2.31. The summed E-state index contributed by atoms with van der Waals surface area (Å²) in [6.07, 6.45) is -1.27. The maximum Gasteiger partial charge on any atom is 0.416 e. The fourth-order valence-electron chi connectivity index (χ4n) is 3.04. The largest absolute Gasteiger partial charge is 0.416 e. The second-order valence-corrected chi connectivity index (χ2v) is 7.19. The Kier molecular flexibility index (Phi) is 5.91. The first-order valence-electron chi connectivity index (χ1n) is 8.50. The molecule has 0 aliphatic carbocycles. The quantitative estimate of drug-likeness (QED) is 0.711. The van der Waals surface area contributed by atoms with Crippen molar-refractivity contribution in [2.75, 3.05) is 26.2 Å². The lowest BCUT2D eigenvalue weighted by molar-refractivity contribution is -0.137. The number of alkyl halides is 3. The van der Waals surface area contributed by atoms with E-state index in [0.29, 0.717) is 11.3 Å². The Hall–Kier alpha value is -2.26. The molecule has 0 radical (unpaired) electrons. The van der Waals surface area contributed by atoms with E-state index < -0.39 is 11.7 Å². The molecule has 0 aromatic heterocycles. The summed E-state index contributed by atoms with van der Waals surface area (Å²) in [6.45, 7) is 7.30. The van der Waals surface area contributed by atoms with Crippen LogP contribution in [0.25, 0.3) is 5.70 Å². The molecule has 9 heteroatoms. The molecule has 27 heavy (non-hydrogen) atoms. The monoisotopic (exact) mass is 397 g/mol. The first kappa shape index (κ1) is 19.5. The van der Waals surface area contributed by atoms with Crippen molar-refractivity contribution in [3.05, 3.63) is 64.8 Å². The lowest BCUT2D eigenvalue weighted by atomic mass is 10.1. The van der Waals surface area contributed by atoms with Crippen LogP contribution in [0.3, 0.4) is 0 Å². The summed E-state index contributed by atoms with van der Waals surface area (Å²) in [5, 5.41) is 9.22. The van der Waals surface area contributed by atoms with E-state index >= 15 is 0 Å². The van der Waals surface area contributed by atoms with Crippen molar-refractivity contribution in [2.45, 2.75) is 12.5 Å². The number of nitrogens with one attached hydrogen (secondary N) is 2. The summed E-state index contributed by atoms with van der Waals surface area (Å²) in [7, 11) is 0. The van der Waals surface area contributed by atoms with Gasteiger partial charge in [0.25, 0.3) is 0 Å². The zero-order valence-corrected chi connectivity index (χ0v) is 15.5. The summed E-state index contributed by atoms with van der Waals surface area (Å²) in [6, 6.07) is 5.33. The van der Waals surface area contributed by atoms with E-state index in [0.717, 1.165) is 43.3 Å². The van der Waals surface area contributed by atoms with Crippen LogP contribution in [-0.2, 0) is 6.18 Å². The van der Waals surface area contributed by atoms with Gasteiger partial charge in [0.1, 0.15) is 0 Å². The summed E-state index contributed by atoms with van der Waals surface area (Å²) < 4.78 is 38.7. The third-order valence-electron chi connectivity index (χ3n) is 4.49. The number of rotatable bonds is 5. The summed E-state index contributed by atoms with van der Waals surface area (Å²) in [5.74, 6) is 0. The average molecular weight is 397 g/mol. The molecule has 1 aromatic rings. The van der Waals surface area contributed by atoms with Crippen LogP contribution in [0.4, 0.5) is 13.2 Å². The molecule has 1 fully saturated rings. The fourth-order valence-corrected chi connectivity index (χ4v) is 3.61. The smallest absolute Gasteiger partial charge is 0.404 e. The van der Waals surface area contributed by atoms with Gasteiger partial charge in [-0.15, -0.1) is 0 Å². The maximum absolute atomic E-state index is 12.9. The standard InChI is InChI=1S/C18H22F3N5S/c1-13(27-10-5-22)25-6-8-26(9-7-25)17-23-12-16(24-17)14-3-2-4-15(11-14)18(19,20)21/h2-5,10-12,17,23-24H,1,6-9,22H2/b10-5-. The van der Waals surface area contributed by atoms with Crippen LogP contribution in [-0.4, -0.2) is 42.3 Å². The first-order valence-corrected chi connectivity index (χ1v) is 9.38. The first-order chi connectivity index (χ1) is 12.9. The molecule has 1 aromatic carbocycles. The molecule has 146 valence electrons. The summed E-state index contributed by atoms with van der Waals surface area (Å²) >= 11 is 1.49. The minimum Gasteiger partial charge on any atom is -0.404 e. The van der Waals surface area contributed by atoms with Crippen LogP contribution >= 0.6 is 11.8 Å². The molecular weight excluding hydrogens is 375 g/mol. The van der Waals surface area contributed by atoms with Crippen molar-refractivity contribution in [1.82, 2.24) is 20.4 Å². The number of halogens is 3. The van der Waals surface area contributed by atoms with Crippen LogP contribution in [0.5, 0.6) is 0 Å². The van der Waals surface area contributed by atoms with E-state index in [-0.39, 0.29) is 6.29 Å². The number of piperazine rings is 1. The normalized spacial score (nSPS) is 21.1. The zero-order valence-electron chi connectivity index (χ0n) is 14.7. The molecule has 1 unspecified atom stereocenters. The highest BCUT2D eigenvalue weighted by molar-refractivity contribution is 8.05. The SMILES string of the molecule is C=C(S/C=C\N)N1CCN(C2NC=C(c3cccc(C(F)(F)F)c3)N2)CC1. The van der Waals surface area contributed by atoms with Gasteiger partial charge in [-0.05, 0) is 23.1 Å². The Bertz CT molecular complexity index is 739.